The van der Waals surface area contributed by atoms with Crippen LogP contribution >= 0.6 is 11.8 Å². The first-order valence-corrected chi connectivity index (χ1v) is 12.2. The molecule has 1 aliphatic heterocycles. The molecule has 4 rings (SSSR count). The van der Waals surface area contributed by atoms with Crippen molar-refractivity contribution >= 4 is 39.9 Å². The molecule has 0 aliphatic carbocycles. The molecule has 0 spiro atoms. The van der Waals surface area contributed by atoms with Crippen LogP contribution in [-0.2, 0) is 4.79 Å². The van der Waals surface area contributed by atoms with Gasteiger partial charge in [-0.15, -0.1) is 0 Å². The third kappa shape index (κ3) is 4.71. The molecule has 172 valence electrons. The van der Waals surface area contributed by atoms with Crippen molar-refractivity contribution < 1.29 is 14.3 Å². The Morgan fingerprint density at radius 1 is 1.06 bits per heavy atom. The van der Waals surface area contributed by atoms with Crippen LogP contribution in [0.5, 0.6) is 5.75 Å². The third-order valence-electron chi connectivity index (χ3n) is 5.85. The Balaban J connectivity index is 1.51. The van der Waals surface area contributed by atoms with E-state index in [4.69, 9.17) is 4.74 Å². The fourth-order valence-corrected chi connectivity index (χ4v) is 4.95. The van der Waals surface area contributed by atoms with E-state index in [0.717, 1.165) is 45.1 Å². The number of ether oxygens (including phenoxy) is 1. The van der Waals surface area contributed by atoms with Crippen LogP contribution in [0.15, 0.2) is 53.6 Å². The highest BCUT2D eigenvalue weighted by Crippen LogP contribution is 2.35. The van der Waals surface area contributed by atoms with E-state index in [1.165, 1.54) is 4.90 Å². The van der Waals surface area contributed by atoms with E-state index in [0.29, 0.717) is 16.9 Å². The summed E-state index contributed by atoms with van der Waals surface area (Å²) >= 11 is 0.993. The number of carbonyl (C=O) groups is 2. The highest BCUT2D eigenvalue weighted by atomic mass is 32.2. The van der Waals surface area contributed by atoms with Crippen LogP contribution in [0.3, 0.4) is 0 Å². The molecule has 0 unspecified atom stereocenters. The fraction of sp³-hybridized carbons (Fsp3) is 0.333. The summed E-state index contributed by atoms with van der Waals surface area (Å²) in [6.07, 6.45) is 3.89. The first-order valence-electron chi connectivity index (χ1n) is 11.3. The van der Waals surface area contributed by atoms with Crippen molar-refractivity contribution in [3.8, 4) is 5.75 Å². The average Bonchev–Trinajstić information content (AvgIpc) is 3.26. The van der Waals surface area contributed by atoms with Crippen molar-refractivity contribution in [3.63, 3.8) is 0 Å². The van der Waals surface area contributed by atoms with Crippen LogP contribution in [0.4, 0.5) is 4.79 Å². The van der Waals surface area contributed by atoms with Gasteiger partial charge >= 0.3 is 0 Å². The van der Waals surface area contributed by atoms with Gasteiger partial charge in [-0.1, -0.05) is 44.2 Å². The van der Waals surface area contributed by atoms with Gasteiger partial charge in [0.15, 0.2) is 0 Å². The zero-order chi connectivity index (χ0) is 23.7. The Hall–Kier alpha value is -2.99. The fourth-order valence-electron chi connectivity index (χ4n) is 4.10. The quantitative estimate of drug-likeness (QED) is 0.364. The first kappa shape index (κ1) is 23.2. The van der Waals surface area contributed by atoms with Gasteiger partial charge in [-0.2, -0.15) is 0 Å². The molecule has 0 N–H and O–H groups in total. The van der Waals surface area contributed by atoms with Crippen molar-refractivity contribution in [2.75, 3.05) is 13.2 Å². The SMILES string of the molecule is Cc1ccc(C(C)C)c(OCCN2C(=O)S/C(=C\c3cn(C(C)C)c4ccccc34)C2=O)c1. The molecule has 1 aliphatic rings. The molecule has 33 heavy (non-hydrogen) atoms. The van der Waals surface area contributed by atoms with Gasteiger partial charge in [-0.3, -0.25) is 14.5 Å². The monoisotopic (exact) mass is 462 g/mol. The number of carbonyl (C=O) groups excluding carboxylic acids is 2. The van der Waals surface area contributed by atoms with Gasteiger partial charge in [-0.25, -0.2) is 0 Å². The summed E-state index contributed by atoms with van der Waals surface area (Å²) in [6.45, 7) is 11.0. The van der Waals surface area contributed by atoms with Crippen LogP contribution in [0.2, 0.25) is 0 Å². The molecular weight excluding hydrogens is 432 g/mol. The minimum atomic E-state index is -0.261. The van der Waals surface area contributed by atoms with Crippen LogP contribution in [0, 0.1) is 6.92 Å². The lowest BCUT2D eigenvalue weighted by Gasteiger charge is -2.17. The van der Waals surface area contributed by atoms with Gasteiger partial charge in [0.1, 0.15) is 12.4 Å². The number of amides is 2. The molecule has 0 saturated carbocycles. The third-order valence-corrected chi connectivity index (χ3v) is 6.76. The minimum absolute atomic E-state index is 0.223. The number of fused-ring (bicyclic) bond motifs is 1. The summed E-state index contributed by atoms with van der Waals surface area (Å²) in [5.74, 6) is 0.881. The second kappa shape index (κ2) is 9.48. The molecule has 5 nitrogen and oxygen atoms in total. The highest BCUT2D eigenvalue weighted by molar-refractivity contribution is 8.18. The van der Waals surface area contributed by atoms with E-state index in [1.807, 2.05) is 37.3 Å². The van der Waals surface area contributed by atoms with Crippen LogP contribution in [0.1, 0.15) is 56.3 Å². The van der Waals surface area contributed by atoms with Crippen molar-refractivity contribution in [2.45, 2.75) is 46.6 Å². The number of para-hydroxylation sites is 1. The Morgan fingerprint density at radius 2 is 1.82 bits per heavy atom. The summed E-state index contributed by atoms with van der Waals surface area (Å²) < 4.78 is 8.19. The summed E-state index contributed by atoms with van der Waals surface area (Å²) in [5.41, 5.74) is 4.30. The Morgan fingerprint density at radius 3 is 2.55 bits per heavy atom. The van der Waals surface area contributed by atoms with Crippen molar-refractivity contribution in [2.24, 2.45) is 0 Å². The maximum absolute atomic E-state index is 13.0. The van der Waals surface area contributed by atoms with Crippen molar-refractivity contribution in [1.29, 1.82) is 0 Å². The average molecular weight is 463 g/mol. The van der Waals surface area contributed by atoms with Gasteiger partial charge in [0, 0.05) is 28.7 Å². The highest BCUT2D eigenvalue weighted by Gasteiger charge is 2.35. The number of benzene rings is 2. The Bertz CT molecular complexity index is 1240. The number of rotatable bonds is 7. The predicted molar refractivity (Wildman–Crippen MR) is 136 cm³/mol. The number of thioether (sulfide) groups is 1. The first-order chi connectivity index (χ1) is 15.8. The number of nitrogens with zero attached hydrogens (tertiary/aromatic N) is 2. The van der Waals surface area contributed by atoms with Crippen LogP contribution in [0.25, 0.3) is 17.0 Å². The topological polar surface area (TPSA) is 51.5 Å². The van der Waals surface area contributed by atoms with Gasteiger partial charge in [0.05, 0.1) is 11.4 Å². The second-order valence-electron chi connectivity index (χ2n) is 8.98. The van der Waals surface area contributed by atoms with E-state index >= 15 is 0 Å². The standard InChI is InChI=1S/C27H30N2O3S/c1-17(2)21-11-10-19(5)14-24(21)32-13-12-28-26(30)25(33-27(28)31)15-20-16-29(18(3)4)23-9-7-6-8-22(20)23/h6-11,14-18H,12-13H2,1-5H3/b25-15-. The molecule has 6 heteroatoms. The zero-order valence-electron chi connectivity index (χ0n) is 19.8. The van der Waals surface area contributed by atoms with Crippen LogP contribution in [-0.4, -0.2) is 33.8 Å². The van der Waals surface area contributed by atoms with Gasteiger partial charge in [-0.05, 0) is 67.8 Å². The number of aryl methyl sites for hydroxylation is 1. The van der Waals surface area contributed by atoms with Crippen LogP contribution < -0.4 is 4.74 Å². The zero-order valence-corrected chi connectivity index (χ0v) is 20.6. The van der Waals surface area contributed by atoms with E-state index in [-0.39, 0.29) is 24.3 Å². The molecule has 1 saturated heterocycles. The van der Waals surface area contributed by atoms with E-state index in [9.17, 15) is 9.59 Å². The molecule has 0 bridgehead atoms. The molecule has 3 aromatic rings. The van der Waals surface area contributed by atoms with E-state index in [2.05, 4.69) is 56.7 Å². The molecule has 0 atom stereocenters. The maximum Gasteiger partial charge on any atom is 0.293 e. The largest absolute Gasteiger partial charge is 0.491 e. The minimum Gasteiger partial charge on any atom is -0.491 e. The summed E-state index contributed by atoms with van der Waals surface area (Å²) in [6, 6.07) is 14.6. The lowest BCUT2D eigenvalue weighted by atomic mass is 10.0. The molecular formula is C27H30N2O3S. The Labute approximate surface area is 199 Å². The summed E-state index contributed by atoms with van der Waals surface area (Å²) in [5, 5.41) is 0.817. The van der Waals surface area contributed by atoms with Gasteiger partial charge in [0.25, 0.3) is 11.1 Å². The molecule has 2 aromatic carbocycles. The molecule has 0 radical (unpaired) electrons. The van der Waals surface area contributed by atoms with Crippen molar-refractivity contribution in [1.82, 2.24) is 9.47 Å². The van der Waals surface area contributed by atoms with E-state index in [1.54, 1.807) is 0 Å². The number of hydrogen-bond acceptors (Lipinski definition) is 4. The normalized spacial score (nSPS) is 15.6. The van der Waals surface area contributed by atoms with Crippen molar-refractivity contribution in [3.05, 3.63) is 70.3 Å². The van der Waals surface area contributed by atoms with Gasteiger partial charge < -0.3 is 9.30 Å². The number of aromatic nitrogens is 1. The van der Waals surface area contributed by atoms with Gasteiger partial charge in [0.2, 0.25) is 0 Å². The molecule has 2 amide bonds. The number of hydrogen-bond donors (Lipinski definition) is 0. The molecule has 1 aromatic heterocycles. The predicted octanol–water partition coefficient (Wildman–Crippen LogP) is 6.77. The van der Waals surface area contributed by atoms with E-state index < -0.39 is 0 Å². The lowest BCUT2D eigenvalue weighted by Crippen LogP contribution is -2.32. The molecule has 2 heterocycles. The maximum atomic E-state index is 13.0. The summed E-state index contributed by atoms with van der Waals surface area (Å²) in [7, 11) is 0. The second-order valence-corrected chi connectivity index (χ2v) is 9.97. The lowest BCUT2D eigenvalue weighted by molar-refractivity contribution is -0.123. The number of imide groups is 1. The summed E-state index contributed by atoms with van der Waals surface area (Å²) in [4.78, 5) is 27.4. The Kier molecular flexibility index (Phi) is 6.66. The molecule has 1 fully saturated rings. The smallest absolute Gasteiger partial charge is 0.293 e.